The van der Waals surface area contributed by atoms with E-state index in [0.29, 0.717) is 11.0 Å². The number of hydrogen-bond donors (Lipinski definition) is 0. The molecule has 5 aromatic rings. The molecule has 0 spiro atoms. The molecule has 0 aliphatic heterocycles. The van der Waals surface area contributed by atoms with Gasteiger partial charge < -0.3 is 13.9 Å². The number of aryl methyl sites for hydroxylation is 1. The van der Waals surface area contributed by atoms with Gasteiger partial charge in [-0.25, -0.2) is 0 Å². The van der Waals surface area contributed by atoms with Gasteiger partial charge in [-0.1, -0.05) is 72.4 Å². The first-order valence-electron chi connectivity index (χ1n) is 10.9. The Labute approximate surface area is 202 Å². The molecule has 2 aromatic heterocycles. The number of hydrogen-bond acceptors (Lipinski definition) is 5. The standard InChI is InChI=1S/C27H24N4O2S/c1-30-21-15-9-7-13-19(21)24(25(30)18-11-5-4-6-12-18)22(32)17-34-27-29-28-26(31(27)2)20-14-8-10-16-23(20)33-3/h4-16H,17H2,1-3H3. The smallest absolute Gasteiger partial charge is 0.191 e. The van der Waals surface area contributed by atoms with Gasteiger partial charge in [-0.05, 0) is 23.8 Å². The zero-order valence-electron chi connectivity index (χ0n) is 19.2. The number of carbonyl (C=O) groups excluding carboxylic acids is 1. The number of ether oxygens (including phenoxy) is 1. The second-order valence-corrected chi connectivity index (χ2v) is 8.89. The van der Waals surface area contributed by atoms with Crippen LogP contribution in [0, 0.1) is 0 Å². The lowest BCUT2D eigenvalue weighted by Crippen LogP contribution is -2.06. The minimum absolute atomic E-state index is 0.0579. The van der Waals surface area contributed by atoms with E-state index in [4.69, 9.17) is 4.74 Å². The number of nitrogens with zero attached hydrogens (tertiary/aromatic N) is 4. The van der Waals surface area contributed by atoms with Crippen LogP contribution in [-0.2, 0) is 14.1 Å². The normalized spacial score (nSPS) is 11.1. The summed E-state index contributed by atoms with van der Waals surface area (Å²) in [5.74, 6) is 1.74. The quantitative estimate of drug-likeness (QED) is 0.229. The van der Waals surface area contributed by atoms with Crippen LogP contribution >= 0.6 is 11.8 Å². The number of Topliss-reactive ketones (excluding diaryl/α,β-unsaturated/α-hetero) is 1. The van der Waals surface area contributed by atoms with Crippen LogP contribution < -0.4 is 4.74 Å². The molecule has 6 nitrogen and oxygen atoms in total. The average molecular weight is 469 g/mol. The predicted octanol–water partition coefficient (Wildman–Crippen LogP) is 5.62. The van der Waals surface area contributed by atoms with Gasteiger partial charge in [0.15, 0.2) is 16.8 Å². The van der Waals surface area contributed by atoms with Gasteiger partial charge >= 0.3 is 0 Å². The van der Waals surface area contributed by atoms with Gasteiger partial charge in [0.25, 0.3) is 0 Å². The molecule has 0 amide bonds. The van der Waals surface area contributed by atoms with Crippen LogP contribution in [-0.4, -0.2) is 38.0 Å². The number of thioether (sulfide) groups is 1. The molecule has 0 aliphatic carbocycles. The summed E-state index contributed by atoms with van der Waals surface area (Å²) in [6, 6.07) is 25.8. The van der Waals surface area contributed by atoms with Crippen molar-refractivity contribution in [1.29, 1.82) is 0 Å². The van der Waals surface area contributed by atoms with Crippen molar-refractivity contribution in [2.45, 2.75) is 5.16 Å². The molecule has 0 radical (unpaired) electrons. The van der Waals surface area contributed by atoms with Gasteiger partial charge in [-0.3, -0.25) is 4.79 Å². The summed E-state index contributed by atoms with van der Waals surface area (Å²) in [6.07, 6.45) is 0. The maximum absolute atomic E-state index is 13.6. The second kappa shape index (κ2) is 9.19. The van der Waals surface area contributed by atoms with E-state index in [1.54, 1.807) is 7.11 Å². The van der Waals surface area contributed by atoms with Gasteiger partial charge in [-0.2, -0.15) is 0 Å². The SMILES string of the molecule is COc1ccccc1-c1nnc(SCC(=O)c2c(-c3ccccc3)n(C)c3ccccc23)n1C. The Kier molecular flexibility index (Phi) is 5.94. The molecule has 170 valence electrons. The molecule has 7 heteroatoms. The van der Waals surface area contributed by atoms with Crippen LogP contribution in [0.3, 0.4) is 0 Å². The number of methoxy groups -OCH3 is 1. The molecule has 34 heavy (non-hydrogen) atoms. The fourth-order valence-electron chi connectivity index (χ4n) is 4.32. The Morgan fingerprint density at radius 1 is 0.882 bits per heavy atom. The Balaban J connectivity index is 1.48. The van der Waals surface area contributed by atoms with E-state index in [1.165, 1.54) is 11.8 Å². The average Bonchev–Trinajstić information content (AvgIpc) is 3.40. The Morgan fingerprint density at radius 3 is 2.38 bits per heavy atom. The third-order valence-corrected chi connectivity index (χ3v) is 6.97. The first-order chi connectivity index (χ1) is 16.6. The van der Waals surface area contributed by atoms with E-state index in [2.05, 4.69) is 14.8 Å². The lowest BCUT2D eigenvalue weighted by atomic mass is 10.0. The summed E-state index contributed by atoms with van der Waals surface area (Å²) in [5, 5.41) is 10.3. The fraction of sp³-hybridized carbons (Fsp3) is 0.148. The summed E-state index contributed by atoms with van der Waals surface area (Å²) >= 11 is 1.39. The monoisotopic (exact) mass is 468 g/mol. The predicted molar refractivity (Wildman–Crippen MR) is 136 cm³/mol. The highest BCUT2D eigenvalue weighted by atomic mass is 32.2. The van der Waals surface area contributed by atoms with Crippen molar-refractivity contribution in [1.82, 2.24) is 19.3 Å². The number of aromatic nitrogens is 4. The number of ketones is 1. The Bertz CT molecular complexity index is 1490. The molecule has 0 unspecified atom stereocenters. The van der Waals surface area contributed by atoms with Crippen molar-refractivity contribution in [2.24, 2.45) is 14.1 Å². The number of para-hydroxylation sites is 2. The molecule has 0 aliphatic rings. The maximum Gasteiger partial charge on any atom is 0.191 e. The van der Waals surface area contributed by atoms with Crippen molar-refractivity contribution in [3.8, 4) is 28.4 Å². The van der Waals surface area contributed by atoms with Gasteiger partial charge in [-0.15, -0.1) is 10.2 Å². The van der Waals surface area contributed by atoms with Gasteiger partial charge in [0.1, 0.15) is 5.75 Å². The molecule has 2 heterocycles. The van der Waals surface area contributed by atoms with Crippen molar-refractivity contribution in [2.75, 3.05) is 12.9 Å². The van der Waals surface area contributed by atoms with E-state index in [1.807, 2.05) is 97.5 Å². The minimum Gasteiger partial charge on any atom is -0.496 e. The minimum atomic E-state index is 0.0579. The van der Waals surface area contributed by atoms with Crippen LogP contribution in [0.2, 0.25) is 0 Å². The molecule has 0 saturated heterocycles. The highest BCUT2D eigenvalue weighted by Crippen LogP contribution is 2.35. The summed E-state index contributed by atoms with van der Waals surface area (Å²) in [4.78, 5) is 13.6. The van der Waals surface area contributed by atoms with E-state index < -0.39 is 0 Å². The zero-order chi connectivity index (χ0) is 23.7. The van der Waals surface area contributed by atoms with E-state index in [-0.39, 0.29) is 11.5 Å². The number of carbonyl (C=O) groups is 1. The molecular weight excluding hydrogens is 444 g/mol. The van der Waals surface area contributed by atoms with E-state index in [9.17, 15) is 4.79 Å². The van der Waals surface area contributed by atoms with Crippen LogP contribution in [0.4, 0.5) is 0 Å². The molecule has 0 atom stereocenters. The van der Waals surface area contributed by atoms with Gasteiger partial charge in [0.2, 0.25) is 0 Å². The Hall–Kier alpha value is -3.84. The van der Waals surface area contributed by atoms with Crippen molar-refractivity contribution >= 4 is 28.4 Å². The molecule has 0 saturated carbocycles. The highest BCUT2D eigenvalue weighted by molar-refractivity contribution is 7.99. The van der Waals surface area contributed by atoms with E-state index >= 15 is 0 Å². The summed E-state index contributed by atoms with van der Waals surface area (Å²) in [6.45, 7) is 0. The van der Waals surface area contributed by atoms with Crippen molar-refractivity contribution < 1.29 is 9.53 Å². The van der Waals surface area contributed by atoms with Crippen LogP contribution in [0.5, 0.6) is 5.75 Å². The highest BCUT2D eigenvalue weighted by Gasteiger charge is 2.23. The number of benzene rings is 3. The molecule has 0 N–H and O–H groups in total. The van der Waals surface area contributed by atoms with Gasteiger partial charge in [0, 0.05) is 25.0 Å². The lowest BCUT2D eigenvalue weighted by molar-refractivity contribution is 0.102. The second-order valence-electron chi connectivity index (χ2n) is 7.94. The summed E-state index contributed by atoms with van der Waals surface area (Å²) in [7, 11) is 5.55. The molecular formula is C27H24N4O2S. The van der Waals surface area contributed by atoms with Crippen molar-refractivity contribution in [3.63, 3.8) is 0 Å². The lowest BCUT2D eigenvalue weighted by Gasteiger charge is -2.09. The first-order valence-corrected chi connectivity index (χ1v) is 11.9. The maximum atomic E-state index is 13.6. The Morgan fingerprint density at radius 2 is 1.59 bits per heavy atom. The summed E-state index contributed by atoms with van der Waals surface area (Å²) in [5.41, 5.74) is 4.58. The largest absolute Gasteiger partial charge is 0.496 e. The van der Waals surface area contributed by atoms with Crippen molar-refractivity contribution in [3.05, 3.63) is 84.4 Å². The third-order valence-electron chi connectivity index (χ3n) is 5.95. The molecule has 0 bridgehead atoms. The first kappa shape index (κ1) is 22.0. The van der Waals surface area contributed by atoms with Crippen LogP contribution in [0.1, 0.15) is 10.4 Å². The number of fused-ring (bicyclic) bond motifs is 1. The van der Waals surface area contributed by atoms with E-state index in [0.717, 1.165) is 39.0 Å². The van der Waals surface area contributed by atoms with Crippen LogP contribution in [0.15, 0.2) is 84.0 Å². The molecule has 3 aromatic carbocycles. The third kappa shape index (κ3) is 3.78. The zero-order valence-corrected chi connectivity index (χ0v) is 20.0. The molecule has 5 rings (SSSR count). The van der Waals surface area contributed by atoms with Crippen LogP contribution in [0.25, 0.3) is 33.5 Å². The fourth-order valence-corrected chi connectivity index (χ4v) is 5.10. The number of rotatable bonds is 7. The topological polar surface area (TPSA) is 61.9 Å². The van der Waals surface area contributed by atoms with Gasteiger partial charge in [0.05, 0.1) is 29.7 Å². The molecule has 0 fully saturated rings. The summed E-state index contributed by atoms with van der Waals surface area (Å²) < 4.78 is 9.48.